The minimum atomic E-state index is 0.190. The molecule has 1 aromatic carbocycles. The van der Waals surface area contributed by atoms with Gasteiger partial charge in [-0.1, -0.05) is 41.7 Å². The predicted molar refractivity (Wildman–Crippen MR) is 92.0 cm³/mol. The Bertz CT molecular complexity index is 378. The lowest BCUT2D eigenvalue weighted by Crippen LogP contribution is -2.57. The summed E-state index contributed by atoms with van der Waals surface area (Å²) in [5, 5.41) is 0. The van der Waals surface area contributed by atoms with Crippen LogP contribution in [0.15, 0.2) is 28.7 Å². The Hall–Kier alpha value is -0.190. The molecule has 0 atom stereocenters. The molecular formula is C15H25BrN2S. The first-order chi connectivity index (χ1) is 9.03. The average Bonchev–Trinajstić information content (AvgIpc) is 2.41. The van der Waals surface area contributed by atoms with Crippen LogP contribution in [0.1, 0.15) is 27.7 Å². The lowest BCUT2D eigenvalue weighted by Gasteiger charge is -2.47. The molecule has 1 aliphatic rings. The van der Waals surface area contributed by atoms with Crippen molar-refractivity contribution in [1.29, 1.82) is 0 Å². The number of nitrogens with zero attached hydrogens (tertiary/aromatic N) is 2. The summed E-state index contributed by atoms with van der Waals surface area (Å²) in [5.74, 6) is 0. The fourth-order valence-electron chi connectivity index (χ4n) is 2.37. The fraction of sp³-hybridized carbons (Fsp3) is 0.600. The van der Waals surface area contributed by atoms with Gasteiger partial charge in [-0.15, -0.1) is 0 Å². The first-order valence-corrected chi connectivity index (χ1v) is 8.83. The van der Waals surface area contributed by atoms with E-state index < -0.39 is 0 Å². The largest absolute Gasteiger partial charge is 0.364 e. The normalized spacial score (nSPS) is 18.7. The minimum absolute atomic E-state index is 0.190. The van der Waals surface area contributed by atoms with Gasteiger partial charge in [0.25, 0.3) is 0 Å². The topological polar surface area (TPSA) is 6.48 Å². The van der Waals surface area contributed by atoms with E-state index >= 15 is 0 Å². The van der Waals surface area contributed by atoms with Crippen LogP contribution in [0.25, 0.3) is 0 Å². The highest BCUT2D eigenvalue weighted by atomic mass is 79.9. The van der Waals surface area contributed by atoms with Crippen molar-refractivity contribution in [3.05, 3.63) is 28.7 Å². The van der Waals surface area contributed by atoms with Crippen molar-refractivity contribution in [2.75, 3.05) is 30.8 Å². The first-order valence-electron chi connectivity index (χ1n) is 6.85. The van der Waals surface area contributed by atoms with Crippen LogP contribution < -0.4 is 4.90 Å². The Labute approximate surface area is 130 Å². The summed E-state index contributed by atoms with van der Waals surface area (Å²) < 4.78 is 3.58. The van der Waals surface area contributed by atoms with Gasteiger partial charge in [-0.3, -0.25) is 0 Å². The maximum atomic E-state index is 3.49. The third-order valence-corrected chi connectivity index (χ3v) is 4.62. The zero-order valence-corrected chi connectivity index (χ0v) is 15.0. The standard InChI is InChI=1S/C13H19BrN2S.C2H6/c1-13(2)10-15(17-3)8-9-16(13)12-6-4-11(14)5-7-12;1-2/h4-7H,8-10H2,1-3H3;1-2H3. The van der Waals surface area contributed by atoms with Gasteiger partial charge in [0, 0.05) is 35.3 Å². The van der Waals surface area contributed by atoms with Crippen molar-refractivity contribution in [2.45, 2.75) is 33.2 Å². The Morgan fingerprint density at radius 1 is 1.11 bits per heavy atom. The Balaban J connectivity index is 0.000000861. The van der Waals surface area contributed by atoms with Crippen LogP contribution >= 0.6 is 27.9 Å². The second kappa shape index (κ2) is 7.55. The minimum Gasteiger partial charge on any atom is -0.364 e. The summed E-state index contributed by atoms with van der Waals surface area (Å²) in [6.45, 7) is 12.0. The van der Waals surface area contributed by atoms with Gasteiger partial charge in [0.15, 0.2) is 0 Å². The lowest BCUT2D eigenvalue weighted by atomic mass is 9.99. The lowest BCUT2D eigenvalue weighted by molar-refractivity contribution is 0.292. The van der Waals surface area contributed by atoms with Gasteiger partial charge < -0.3 is 4.90 Å². The van der Waals surface area contributed by atoms with Crippen LogP contribution in [0, 0.1) is 0 Å². The SMILES string of the molecule is CC.CSN1CCN(c2ccc(Br)cc2)C(C)(C)C1. The van der Waals surface area contributed by atoms with E-state index in [9.17, 15) is 0 Å². The molecule has 0 spiro atoms. The number of benzene rings is 1. The molecule has 0 bridgehead atoms. The van der Waals surface area contributed by atoms with Crippen LogP contribution in [0.2, 0.25) is 0 Å². The summed E-state index contributed by atoms with van der Waals surface area (Å²) in [6.07, 6.45) is 2.16. The van der Waals surface area contributed by atoms with Gasteiger partial charge in [0.2, 0.25) is 0 Å². The van der Waals surface area contributed by atoms with Crippen molar-refractivity contribution in [1.82, 2.24) is 4.31 Å². The second-order valence-corrected chi connectivity index (χ2v) is 6.78. The molecule has 0 N–H and O–H groups in total. The molecule has 0 unspecified atom stereocenters. The van der Waals surface area contributed by atoms with Crippen molar-refractivity contribution in [3.63, 3.8) is 0 Å². The van der Waals surface area contributed by atoms with Gasteiger partial charge >= 0.3 is 0 Å². The van der Waals surface area contributed by atoms with E-state index in [0.717, 1.165) is 24.1 Å². The quantitative estimate of drug-likeness (QED) is 0.720. The van der Waals surface area contributed by atoms with Crippen LogP contribution in [0.3, 0.4) is 0 Å². The molecule has 0 saturated carbocycles. The van der Waals surface area contributed by atoms with Crippen molar-refractivity contribution >= 4 is 33.6 Å². The molecule has 19 heavy (non-hydrogen) atoms. The van der Waals surface area contributed by atoms with Crippen molar-refractivity contribution in [2.24, 2.45) is 0 Å². The van der Waals surface area contributed by atoms with E-state index in [0.29, 0.717) is 0 Å². The van der Waals surface area contributed by atoms with Gasteiger partial charge in [0.1, 0.15) is 0 Å². The highest BCUT2D eigenvalue weighted by Gasteiger charge is 2.33. The third kappa shape index (κ3) is 4.40. The second-order valence-electron chi connectivity index (χ2n) is 4.99. The van der Waals surface area contributed by atoms with E-state index in [2.05, 4.69) is 69.5 Å². The molecule has 2 rings (SSSR count). The highest BCUT2D eigenvalue weighted by molar-refractivity contribution is 9.10. The predicted octanol–water partition coefficient (Wildman–Crippen LogP) is 4.65. The zero-order valence-electron chi connectivity index (χ0n) is 12.6. The molecule has 2 nitrogen and oxygen atoms in total. The number of hydrogen-bond donors (Lipinski definition) is 0. The van der Waals surface area contributed by atoms with Gasteiger partial charge in [-0.05, 0) is 44.4 Å². The zero-order chi connectivity index (χ0) is 14.5. The Morgan fingerprint density at radius 2 is 1.68 bits per heavy atom. The van der Waals surface area contributed by atoms with Gasteiger partial charge in [-0.2, -0.15) is 0 Å². The monoisotopic (exact) mass is 344 g/mol. The molecule has 1 aromatic rings. The number of halogens is 1. The molecular weight excluding hydrogens is 320 g/mol. The number of hydrogen-bond acceptors (Lipinski definition) is 3. The number of rotatable bonds is 2. The smallest absolute Gasteiger partial charge is 0.0482 e. The molecule has 0 amide bonds. The maximum absolute atomic E-state index is 3.49. The molecule has 1 aliphatic heterocycles. The summed E-state index contributed by atoms with van der Waals surface area (Å²) in [7, 11) is 0. The molecule has 1 heterocycles. The summed E-state index contributed by atoms with van der Waals surface area (Å²) in [6, 6.07) is 8.62. The molecule has 1 fully saturated rings. The molecule has 1 saturated heterocycles. The molecule has 108 valence electrons. The van der Waals surface area contributed by atoms with Gasteiger partial charge in [-0.25, -0.2) is 4.31 Å². The number of piperazine rings is 1. The summed E-state index contributed by atoms with van der Waals surface area (Å²) in [4.78, 5) is 2.51. The van der Waals surface area contributed by atoms with E-state index in [1.807, 2.05) is 25.8 Å². The van der Waals surface area contributed by atoms with E-state index in [1.165, 1.54) is 5.69 Å². The average molecular weight is 345 g/mol. The van der Waals surface area contributed by atoms with Gasteiger partial charge in [0.05, 0.1) is 0 Å². The maximum Gasteiger partial charge on any atom is 0.0482 e. The molecule has 0 aliphatic carbocycles. The number of anilines is 1. The first kappa shape index (κ1) is 16.9. The van der Waals surface area contributed by atoms with Crippen LogP contribution in [0.5, 0.6) is 0 Å². The van der Waals surface area contributed by atoms with Crippen LogP contribution in [0.4, 0.5) is 5.69 Å². The molecule has 4 heteroatoms. The fourth-order valence-corrected chi connectivity index (χ4v) is 3.34. The third-order valence-electron chi connectivity index (χ3n) is 3.26. The summed E-state index contributed by atoms with van der Waals surface area (Å²) >= 11 is 5.34. The van der Waals surface area contributed by atoms with Crippen LogP contribution in [-0.2, 0) is 0 Å². The van der Waals surface area contributed by atoms with Crippen LogP contribution in [-0.4, -0.2) is 35.7 Å². The van der Waals surface area contributed by atoms with E-state index in [4.69, 9.17) is 0 Å². The Kier molecular flexibility index (Phi) is 6.71. The van der Waals surface area contributed by atoms with Crippen molar-refractivity contribution in [3.8, 4) is 0 Å². The van der Waals surface area contributed by atoms with Crippen molar-refractivity contribution < 1.29 is 0 Å². The van der Waals surface area contributed by atoms with E-state index in [-0.39, 0.29) is 5.54 Å². The molecule has 0 aromatic heterocycles. The van der Waals surface area contributed by atoms with E-state index in [1.54, 1.807) is 0 Å². The molecule has 0 radical (unpaired) electrons. The highest BCUT2D eigenvalue weighted by Crippen LogP contribution is 2.30. The summed E-state index contributed by atoms with van der Waals surface area (Å²) in [5.41, 5.74) is 1.51. The Morgan fingerprint density at radius 3 is 2.16 bits per heavy atom.